The average Bonchev–Trinajstić information content (AvgIpc) is 3.04. The molecule has 1 fully saturated rings. The van der Waals surface area contributed by atoms with Gasteiger partial charge in [-0.3, -0.25) is 4.79 Å². The minimum absolute atomic E-state index is 0.0833. The Labute approximate surface area is 112 Å². The maximum Gasteiger partial charge on any atom is 0.309 e. The van der Waals surface area contributed by atoms with Gasteiger partial charge in [-0.05, 0) is 30.5 Å². The van der Waals surface area contributed by atoms with Crippen LogP contribution in [0.3, 0.4) is 0 Å². The zero-order valence-electron chi connectivity index (χ0n) is 10.5. The largest absolute Gasteiger partial charge is 0.469 e. The van der Waals surface area contributed by atoms with Crippen LogP contribution in [0.4, 0.5) is 0 Å². The quantitative estimate of drug-likeness (QED) is 0.801. The smallest absolute Gasteiger partial charge is 0.309 e. The molecule has 2 heterocycles. The van der Waals surface area contributed by atoms with Crippen LogP contribution in [0.1, 0.15) is 20.3 Å². The molecule has 1 atom stereocenters. The van der Waals surface area contributed by atoms with Crippen molar-refractivity contribution in [3.63, 3.8) is 0 Å². The summed E-state index contributed by atoms with van der Waals surface area (Å²) in [5.74, 6) is 0.0231. The van der Waals surface area contributed by atoms with E-state index in [1.54, 1.807) is 11.3 Å². The van der Waals surface area contributed by atoms with Crippen LogP contribution in [0.2, 0.25) is 4.34 Å². The predicted octanol–water partition coefficient (Wildman–Crippen LogP) is 3.20. The number of carbonyl (C=O) groups excluding carboxylic acids is 1. The number of nitrogens with one attached hydrogen (secondary N) is 1. The molecule has 0 unspecified atom stereocenters. The van der Waals surface area contributed by atoms with Gasteiger partial charge in [-0.25, -0.2) is 0 Å². The summed E-state index contributed by atoms with van der Waals surface area (Å²) in [5, 5.41) is 5.03. The number of esters is 1. The number of halogens is 1. The van der Waals surface area contributed by atoms with Crippen molar-refractivity contribution in [2.45, 2.75) is 20.3 Å². The van der Waals surface area contributed by atoms with Gasteiger partial charge in [0.05, 0.1) is 17.4 Å². The van der Waals surface area contributed by atoms with Crippen LogP contribution in [-0.4, -0.2) is 26.2 Å². The fourth-order valence-corrected chi connectivity index (χ4v) is 1.95. The number of carbonyl (C=O) groups is 1. The first-order valence-corrected chi connectivity index (χ1v) is 6.97. The monoisotopic (exact) mass is 277 g/mol. The summed E-state index contributed by atoms with van der Waals surface area (Å²) in [5.41, 5.74) is 0. The highest BCUT2D eigenvalue weighted by molar-refractivity contribution is 7.14. The topological polar surface area (TPSA) is 38.3 Å². The van der Waals surface area contributed by atoms with E-state index >= 15 is 0 Å². The predicted molar refractivity (Wildman–Crippen MR) is 73.7 cm³/mol. The minimum atomic E-state index is -0.0833. The van der Waals surface area contributed by atoms with Crippen molar-refractivity contribution in [2.75, 3.05) is 20.2 Å². The second-order valence-electron chi connectivity index (χ2n) is 3.13. The molecule has 1 aromatic heterocycles. The molecule has 0 aromatic carbocycles. The number of ether oxygens (including phenoxy) is 1. The maximum absolute atomic E-state index is 10.8. The van der Waals surface area contributed by atoms with E-state index in [9.17, 15) is 4.79 Å². The molecule has 17 heavy (non-hydrogen) atoms. The summed E-state index contributed by atoms with van der Waals surface area (Å²) in [7, 11) is 1.43. The van der Waals surface area contributed by atoms with E-state index in [4.69, 9.17) is 11.6 Å². The Morgan fingerprint density at radius 1 is 1.59 bits per heavy atom. The average molecular weight is 278 g/mol. The molecule has 1 aliphatic heterocycles. The van der Waals surface area contributed by atoms with Crippen molar-refractivity contribution in [1.29, 1.82) is 0 Å². The van der Waals surface area contributed by atoms with Gasteiger partial charge in [-0.2, -0.15) is 0 Å². The molecule has 2 rings (SSSR count). The second-order valence-corrected chi connectivity index (χ2v) is 4.71. The van der Waals surface area contributed by atoms with Crippen molar-refractivity contribution >= 4 is 28.9 Å². The first-order valence-electron chi connectivity index (χ1n) is 5.71. The van der Waals surface area contributed by atoms with E-state index in [1.165, 1.54) is 7.11 Å². The Balaban J connectivity index is 0.000000278. The summed E-state index contributed by atoms with van der Waals surface area (Å²) < 4.78 is 5.41. The van der Waals surface area contributed by atoms with Gasteiger partial charge in [0.2, 0.25) is 0 Å². The molecular weight excluding hydrogens is 258 g/mol. The van der Waals surface area contributed by atoms with Gasteiger partial charge in [-0.15, -0.1) is 11.3 Å². The minimum Gasteiger partial charge on any atom is -0.469 e. The van der Waals surface area contributed by atoms with Crippen molar-refractivity contribution in [3.8, 4) is 0 Å². The SMILES string of the molecule is CC.COC(=O)[C@H]1CCNC1.Clc1cccs1. The molecule has 98 valence electrons. The van der Waals surface area contributed by atoms with Crippen LogP contribution < -0.4 is 5.32 Å². The summed E-state index contributed by atoms with van der Waals surface area (Å²) in [6.45, 7) is 5.73. The number of methoxy groups -OCH3 is 1. The molecule has 0 saturated carbocycles. The van der Waals surface area contributed by atoms with Gasteiger partial charge in [0.25, 0.3) is 0 Å². The lowest BCUT2D eigenvalue weighted by atomic mass is 10.1. The van der Waals surface area contributed by atoms with E-state index in [-0.39, 0.29) is 11.9 Å². The number of thiophene rings is 1. The van der Waals surface area contributed by atoms with Crippen LogP contribution in [0.15, 0.2) is 17.5 Å². The number of hydrogen-bond donors (Lipinski definition) is 1. The number of hydrogen-bond acceptors (Lipinski definition) is 4. The maximum atomic E-state index is 10.8. The summed E-state index contributed by atoms with van der Waals surface area (Å²) in [6.07, 6.45) is 0.923. The fraction of sp³-hybridized carbons (Fsp3) is 0.583. The molecule has 0 amide bonds. The third-order valence-corrected chi connectivity index (χ3v) is 3.13. The van der Waals surface area contributed by atoms with Crippen molar-refractivity contribution in [1.82, 2.24) is 5.32 Å². The fourth-order valence-electron chi connectivity index (χ4n) is 1.28. The number of rotatable bonds is 1. The molecule has 5 heteroatoms. The molecule has 0 aliphatic carbocycles. The van der Waals surface area contributed by atoms with Crippen molar-refractivity contribution in [2.24, 2.45) is 5.92 Å². The first kappa shape index (κ1) is 16.4. The normalized spacial score (nSPS) is 17.3. The lowest BCUT2D eigenvalue weighted by Crippen LogP contribution is -2.18. The van der Waals surface area contributed by atoms with Gasteiger partial charge in [0.1, 0.15) is 0 Å². The second kappa shape index (κ2) is 10.6. The van der Waals surface area contributed by atoms with Crippen molar-refractivity contribution in [3.05, 3.63) is 21.8 Å². The van der Waals surface area contributed by atoms with Crippen LogP contribution in [-0.2, 0) is 9.53 Å². The Hall–Kier alpha value is -0.580. The van der Waals surface area contributed by atoms with E-state index in [0.29, 0.717) is 0 Å². The highest BCUT2D eigenvalue weighted by Gasteiger charge is 2.22. The van der Waals surface area contributed by atoms with Gasteiger partial charge in [-0.1, -0.05) is 25.4 Å². The van der Waals surface area contributed by atoms with Gasteiger partial charge < -0.3 is 10.1 Å². The molecular formula is C12H20ClNO2S. The van der Waals surface area contributed by atoms with Crippen LogP contribution in [0.5, 0.6) is 0 Å². The first-order chi connectivity index (χ1) is 8.24. The van der Waals surface area contributed by atoms with Gasteiger partial charge >= 0.3 is 5.97 Å². The zero-order chi connectivity index (χ0) is 13.1. The van der Waals surface area contributed by atoms with Crippen molar-refractivity contribution < 1.29 is 9.53 Å². The lowest BCUT2D eigenvalue weighted by molar-refractivity contribution is -0.144. The van der Waals surface area contributed by atoms with Crippen LogP contribution in [0.25, 0.3) is 0 Å². The van der Waals surface area contributed by atoms with Gasteiger partial charge in [0, 0.05) is 6.54 Å². The Bertz CT molecular complexity index is 285. The third-order valence-electron chi connectivity index (χ3n) is 2.08. The molecule has 1 aliphatic rings. The molecule has 3 nitrogen and oxygen atoms in total. The molecule has 0 bridgehead atoms. The summed E-state index contributed by atoms with van der Waals surface area (Å²) in [6, 6.07) is 3.79. The van der Waals surface area contributed by atoms with E-state index in [1.807, 2.05) is 31.4 Å². The van der Waals surface area contributed by atoms with Gasteiger partial charge in [0.15, 0.2) is 0 Å². The zero-order valence-corrected chi connectivity index (χ0v) is 12.1. The highest BCUT2D eigenvalue weighted by atomic mass is 35.5. The molecule has 0 radical (unpaired) electrons. The summed E-state index contributed by atoms with van der Waals surface area (Å²) >= 11 is 7.02. The van der Waals surface area contributed by atoms with E-state index in [2.05, 4.69) is 10.1 Å². The molecule has 1 N–H and O–H groups in total. The lowest BCUT2D eigenvalue weighted by Gasteiger charge is -2.02. The molecule has 1 saturated heterocycles. The Morgan fingerprint density at radius 2 is 2.29 bits per heavy atom. The third kappa shape index (κ3) is 7.36. The molecule has 1 aromatic rings. The van der Waals surface area contributed by atoms with E-state index in [0.717, 1.165) is 23.8 Å². The molecule has 0 spiro atoms. The van der Waals surface area contributed by atoms with Crippen LogP contribution >= 0.6 is 22.9 Å². The Kier molecular flexibility index (Phi) is 10.2. The van der Waals surface area contributed by atoms with E-state index < -0.39 is 0 Å². The highest BCUT2D eigenvalue weighted by Crippen LogP contribution is 2.13. The Morgan fingerprint density at radius 3 is 2.59 bits per heavy atom. The summed E-state index contributed by atoms with van der Waals surface area (Å²) in [4.78, 5) is 10.8. The van der Waals surface area contributed by atoms with Crippen LogP contribution in [0, 0.1) is 5.92 Å². The standard InChI is InChI=1S/C6H11NO2.C4H3ClS.C2H6/c1-9-6(8)5-2-3-7-4-5;5-4-2-1-3-6-4;1-2/h5,7H,2-4H2,1H3;1-3H;1-2H3/t5-;;/m0../s1.